The second-order valence-corrected chi connectivity index (χ2v) is 6.40. The third kappa shape index (κ3) is 3.33. The molecule has 1 N–H and O–H groups in total. The molecule has 0 saturated carbocycles. The Hall–Kier alpha value is -3.07. The number of piperazine rings is 1. The number of rotatable bonds is 4. The Labute approximate surface area is 149 Å². The molecule has 1 saturated heterocycles. The van der Waals surface area contributed by atoms with Crippen LogP contribution in [0.3, 0.4) is 0 Å². The molecule has 2 aromatic heterocycles. The summed E-state index contributed by atoms with van der Waals surface area (Å²) in [5.74, 6) is 2.56. The Kier molecular flexibility index (Phi) is 4.21. The SMILES string of the molecule is Cc1nc(CN2CCN(c3ccc4cc([N+](=O)[O-])ccc4n3)CC2)n[nH]1. The summed E-state index contributed by atoms with van der Waals surface area (Å²) in [7, 11) is 0. The zero-order valence-corrected chi connectivity index (χ0v) is 14.4. The van der Waals surface area contributed by atoms with Gasteiger partial charge in [0, 0.05) is 43.7 Å². The number of non-ortho nitro benzene ring substituents is 1. The highest BCUT2D eigenvalue weighted by atomic mass is 16.6. The summed E-state index contributed by atoms with van der Waals surface area (Å²) in [6, 6.07) is 8.59. The Morgan fingerprint density at radius 1 is 1.15 bits per heavy atom. The fourth-order valence-corrected chi connectivity index (χ4v) is 3.19. The van der Waals surface area contributed by atoms with Crippen LogP contribution in [0.2, 0.25) is 0 Å². The molecule has 3 aromatic rings. The van der Waals surface area contributed by atoms with E-state index >= 15 is 0 Å². The van der Waals surface area contributed by atoms with Crippen molar-refractivity contribution in [3.63, 3.8) is 0 Å². The molecule has 1 aliphatic rings. The smallest absolute Gasteiger partial charge is 0.270 e. The molecule has 9 nitrogen and oxygen atoms in total. The van der Waals surface area contributed by atoms with Gasteiger partial charge in [0.15, 0.2) is 5.82 Å². The standard InChI is InChI=1S/C17H19N7O2/c1-12-18-16(21-20-12)11-22-6-8-23(9-7-22)17-5-2-13-10-14(24(25)26)3-4-15(13)19-17/h2-5,10H,6-9,11H2,1H3,(H,18,20,21). The summed E-state index contributed by atoms with van der Waals surface area (Å²) in [6.45, 7) is 6.20. The highest BCUT2D eigenvalue weighted by Crippen LogP contribution is 2.23. The number of aromatic nitrogens is 4. The van der Waals surface area contributed by atoms with Gasteiger partial charge in [0.05, 0.1) is 17.0 Å². The number of fused-ring (bicyclic) bond motifs is 1. The molecule has 0 bridgehead atoms. The van der Waals surface area contributed by atoms with Crippen molar-refractivity contribution in [2.24, 2.45) is 0 Å². The summed E-state index contributed by atoms with van der Waals surface area (Å²) >= 11 is 0. The molecule has 0 radical (unpaired) electrons. The van der Waals surface area contributed by atoms with Crippen molar-refractivity contribution in [2.75, 3.05) is 31.1 Å². The number of benzene rings is 1. The van der Waals surface area contributed by atoms with Gasteiger partial charge in [-0.2, -0.15) is 5.10 Å². The number of nitro benzene ring substituents is 1. The van der Waals surface area contributed by atoms with Crippen molar-refractivity contribution >= 4 is 22.4 Å². The van der Waals surface area contributed by atoms with Crippen LogP contribution in [0, 0.1) is 17.0 Å². The summed E-state index contributed by atoms with van der Waals surface area (Å²) in [5.41, 5.74) is 0.856. The molecule has 1 aliphatic heterocycles. The molecular weight excluding hydrogens is 334 g/mol. The third-order valence-electron chi connectivity index (χ3n) is 4.57. The minimum atomic E-state index is -0.387. The molecule has 0 amide bonds. The molecule has 9 heteroatoms. The van der Waals surface area contributed by atoms with Gasteiger partial charge in [-0.1, -0.05) is 0 Å². The van der Waals surface area contributed by atoms with Crippen LogP contribution < -0.4 is 4.90 Å². The van der Waals surface area contributed by atoms with Gasteiger partial charge in [0.2, 0.25) is 0 Å². The van der Waals surface area contributed by atoms with Gasteiger partial charge in [0.25, 0.3) is 5.69 Å². The summed E-state index contributed by atoms with van der Waals surface area (Å²) < 4.78 is 0. The number of aromatic amines is 1. The minimum absolute atomic E-state index is 0.0860. The lowest BCUT2D eigenvalue weighted by Crippen LogP contribution is -2.46. The predicted octanol–water partition coefficient (Wildman–Crippen LogP) is 1.89. The van der Waals surface area contributed by atoms with Gasteiger partial charge < -0.3 is 4.90 Å². The second-order valence-electron chi connectivity index (χ2n) is 6.40. The van der Waals surface area contributed by atoms with Crippen molar-refractivity contribution in [1.29, 1.82) is 0 Å². The normalized spacial score (nSPS) is 15.5. The molecule has 3 heterocycles. The number of nitrogens with zero attached hydrogens (tertiary/aromatic N) is 6. The lowest BCUT2D eigenvalue weighted by molar-refractivity contribution is -0.384. The second kappa shape index (κ2) is 6.68. The highest BCUT2D eigenvalue weighted by Gasteiger charge is 2.19. The summed E-state index contributed by atoms with van der Waals surface area (Å²) in [6.07, 6.45) is 0. The van der Waals surface area contributed by atoms with Gasteiger partial charge in [0.1, 0.15) is 11.6 Å². The Balaban J connectivity index is 1.43. The van der Waals surface area contributed by atoms with Crippen molar-refractivity contribution in [2.45, 2.75) is 13.5 Å². The maximum absolute atomic E-state index is 10.9. The van der Waals surface area contributed by atoms with Crippen LogP contribution in [0.4, 0.5) is 11.5 Å². The number of anilines is 1. The van der Waals surface area contributed by atoms with Crippen LogP contribution in [0.25, 0.3) is 10.9 Å². The number of aryl methyl sites for hydroxylation is 1. The average molecular weight is 353 g/mol. The third-order valence-corrected chi connectivity index (χ3v) is 4.57. The van der Waals surface area contributed by atoms with E-state index in [1.807, 2.05) is 19.1 Å². The zero-order chi connectivity index (χ0) is 18.1. The first-order valence-corrected chi connectivity index (χ1v) is 8.49. The number of hydrogen-bond acceptors (Lipinski definition) is 7. The van der Waals surface area contributed by atoms with E-state index in [0.717, 1.165) is 61.1 Å². The molecular formula is C17H19N7O2. The minimum Gasteiger partial charge on any atom is -0.354 e. The van der Waals surface area contributed by atoms with Crippen LogP contribution >= 0.6 is 0 Å². The van der Waals surface area contributed by atoms with Crippen molar-refractivity contribution in [1.82, 2.24) is 25.1 Å². The first-order valence-electron chi connectivity index (χ1n) is 8.49. The monoisotopic (exact) mass is 353 g/mol. The lowest BCUT2D eigenvalue weighted by Gasteiger charge is -2.34. The van der Waals surface area contributed by atoms with E-state index < -0.39 is 0 Å². The Bertz CT molecular complexity index is 947. The molecule has 0 atom stereocenters. The Morgan fingerprint density at radius 2 is 1.96 bits per heavy atom. The number of nitro groups is 1. The van der Waals surface area contributed by atoms with Crippen LogP contribution in [-0.2, 0) is 6.54 Å². The van der Waals surface area contributed by atoms with Gasteiger partial charge >= 0.3 is 0 Å². The largest absolute Gasteiger partial charge is 0.354 e. The predicted molar refractivity (Wildman–Crippen MR) is 97.0 cm³/mol. The fraction of sp³-hybridized carbons (Fsp3) is 0.353. The van der Waals surface area contributed by atoms with E-state index in [0.29, 0.717) is 0 Å². The molecule has 134 valence electrons. The average Bonchev–Trinajstić information content (AvgIpc) is 3.06. The fourth-order valence-electron chi connectivity index (χ4n) is 3.19. The van der Waals surface area contributed by atoms with Gasteiger partial charge in [-0.15, -0.1) is 0 Å². The van der Waals surface area contributed by atoms with E-state index in [1.54, 1.807) is 12.1 Å². The maximum Gasteiger partial charge on any atom is 0.270 e. The quantitative estimate of drug-likeness (QED) is 0.564. The maximum atomic E-state index is 10.9. The van der Waals surface area contributed by atoms with Gasteiger partial charge in [-0.25, -0.2) is 9.97 Å². The summed E-state index contributed by atoms with van der Waals surface area (Å²) in [4.78, 5) is 24.1. The molecule has 0 aliphatic carbocycles. The number of hydrogen-bond donors (Lipinski definition) is 1. The lowest BCUT2D eigenvalue weighted by atomic mass is 10.2. The number of nitrogens with one attached hydrogen (secondary N) is 1. The van der Waals surface area contributed by atoms with E-state index in [2.05, 4.69) is 30.0 Å². The van der Waals surface area contributed by atoms with E-state index in [9.17, 15) is 10.1 Å². The van der Waals surface area contributed by atoms with Crippen LogP contribution in [0.1, 0.15) is 11.6 Å². The molecule has 1 aromatic carbocycles. The van der Waals surface area contributed by atoms with Gasteiger partial charge in [-0.3, -0.25) is 20.1 Å². The number of pyridine rings is 1. The van der Waals surface area contributed by atoms with Crippen LogP contribution in [0.5, 0.6) is 0 Å². The molecule has 26 heavy (non-hydrogen) atoms. The van der Waals surface area contributed by atoms with E-state index in [4.69, 9.17) is 0 Å². The first-order chi connectivity index (χ1) is 12.6. The Morgan fingerprint density at radius 3 is 2.65 bits per heavy atom. The van der Waals surface area contributed by atoms with E-state index in [-0.39, 0.29) is 10.6 Å². The topological polar surface area (TPSA) is 104 Å². The molecule has 0 unspecified atom stereocenters. The van der Waals surface area contributed by atoms with Crippen LogP contribution in [0.15, 0.2) is 30.3 Å². The van der Waals surface area contributed by atoms with Crippen molar-refractivity contribution in [3.8, 4) is 0 Å². The molecule has 1 fully saturated rings. The zero-order valence-electron chi connectivity index (χ0n) is 14.4. The van der Waals surface area contributed by atoms with Crippen LogP contribution in [-0.4, -0.2) is 56.2 Å². The van der Waals surface area contributed by atoms with E-state index in [1.165, 1.54) is 6.07 Å². The summed E-state index contributed by atoms with van der Waals surface area (Å²) in [5, 5.41) is 18.7. The molecule has 4 rings (SSSR count). The van der Waals surface area contributed by atoms with Gasteiger partial charge in [-0.05, 0) is 25.1 Å². The van der Waals surface area contributed by atoms with Crippen molar-refractivity contribution < 1.29 is 4.92 Å². The highest BCUT2D eigenvalue weighted by molar-refractivity contribution is 5.82. The first kappa shape index (κ1) is 16.4. The number of H-pyrrole nitrogens is 1. The van der Waals surface area contributed by atoms with Crippen molar-refractivity contribution in [3.05, 3.63) is 52.1 Å². The molecule has 0 spiro atoms.